The van der Waals surface area contributed by atoms with Crippen molar-refractivity contribution >= 4 is 11.9 Å². The van der Waals surface area contributed by atoms with Crippen molar-refractivity contribution in [1.29, 1.82) is 0 Å². The maximum absolute atomic E-state index is 10.9. The summed E-state index contributed by atoms with van der Waals surface area (Å²) < 4.78 is 0. The maximum atomic E-state index is 10.9. The van der Waals surface area contributed by atoms with Gasteiger partial charge in [-0.2, -0.15) is 0 Å². The van der Waals surface area contributed by atoms with Gasteiger partial charge in [0.25, 0.3) is 0 Å². The van der Waals surface area contributed by atoms with Gasteiger partial charge in [-0.25, -0.2) is 4.79 Å². The molecule has 0 aromatic rings. The van der Waals surface area contributed by atoms with Crippen LogP contribution in [0, 0.1) is 0 Å². The summed E-state index contributed by atoms with van der Waals surface area (Å²) >= 11 is 0. The molecule has 0 heterocycles. The molecule has 0 rings (SSSR count). The molecular weight excluding hydrogens is 178 g/mol. The third kappa shape index (κ3) is 5.15. The Balaban J connectivity index is 3.94. The molecule has 76 valence electrons. The van der Waals surface area contributed by atoms with Crippen LogP contribution >= 0.6 is 0 Å². The van der Waals surface area contributed by atoms with E-state index < -0.39 is 30.6 Å². The Kier molecular flexibility index (Phi) is 5.01. The number of hydrogen-bond donors (Lipinski definition) is 4. The van der Waals surface area contributed by atoms with E-state index in [9.17, 15) is 9.59 Å². The fourth-order valence-electron chi connectivity index (χ4n) is 0.707. The van der Waals surface area contributed by atoms with Gasteiger partial charge in [0.15, 0.2) is 0 Å². The molecule has 0 aliphatic carbocycles. The Bertz CT molecular complexity index is 191. The van der Waals surface area contributed by atoms with Crippen molar-refractivity contribution in [2.24, 2.45) is 0 Å². The minimum Gasteiger partial charge on any atom is -0.480 e. The summed E-state index contributed by atoms with van der Waals surface area (Å²) in [6.07, 6.45) is -1.00. The fourth-order valence-corrected chi connectivity index (χ4v) is 0.707. The predicted octanol–water partition coefficient (Wildman–Crippen LogP) is -1.68. The fraction of sp³-hybridized carbons (Fsp3) is 0.714. The van der Waals surface area contributed by atoms with E-state index in [2.05, 4.69) is 0 Å². The first kappa shape index (κ1) is 11.9. The molecule has 6 heteroatoms. The lowest BCUT2D eigenvalue weighted by Crippen LogP contribution is -2.44. The van der Waals surface area contributed by atoms with Gasteiger partial charge in [0, 0.05) is 0 Å². The number of carbonyl (C=O) groups excluding carboxylic acids is 1. The summed E-state index contributed by atoms with van der Waals surface area (Å²) in [6, 6.07) is -1.30. The van der Waals surface area contributed by atoms with Crippen LogP contribution in [0.1, 0.15) is 13.3 Å². The van der Waals surface area contributed by atoms with E-state index >= 15 is 0 Å². The zero-order chi connectivity index (χ0) is 10.4. The number of carboxylic acid groups (broad SMARTS) is 1. The average Bonchev–Trinajstić information content (AvgIpc) is 1.98. The van der Waals surface area contributed by atoms with Gasteiger partial charge < -0.3 is 20.6 Å². The van der Waals surface area contributed by atoms with Crippen LogP contribution in [0.4, 0.5) is 0 Å². The second-order valence-electron chi connectivity index (χ2n) is 2.69. The lowest BCUT2D eigenvalue weighted by Gasteiger charge is -2.11. The van der Waals surface area contributed by atoms with E-state index in [0.29, 0.717) is 0 Å². The molecule has 4 N–H and O–H groups in total. The number of aliphatic hydroxyl groups is 2. The zero-order valence-corrected chi connectivity index (χ0v) is 7.23. The molecule has 1 amide bonds. The molecule has 6 nitrogen and oxygen atoms in total. The van der Waals surface area contributed by atoms with E-state index in [1.165, 1.54) is 6.92 Å². The lowest BCUT2D eigenvalue weighted by molar-refractivity contribution is -0.143. The van der Waals surface area contributed by atoms with Crippen molar-refractivity contribution in [2.45, 2.75) is 25.5 Å². The first-order valence-electron chi connectivity index (χ1n) is 3.78. The van der Waals surface area contributed by atoms with Crippen LogP contribution < -0.4 is 5.32 Å². The monoisotopic (exact) mass is 191 g/mol. The molecule has 0 saturated heterocycles. The topological polar surface area (TPSA) is 107 Å². The highest BCUT2D eigenvalue weighted by molar-refractivity contribution is 5.83. The molecule has 2 atom stereocenters. The Hall–Kier alpha value is -1.14. The number of nitrogens with one attached hydrogen (secondary N) is 1. The van der Waals surface area contributed by atoms with Gasteiger partial charge >= 0.3 is 5.97 Å². The third-order valence-electron chi connectivity index (χ3n) is 1.30. The minimum atomic E-state index is -1.30. The van der Waals surface area contributed by atoms with Crippen LogP contribution in [0.15, 0.2) is 0 Å². The highest BCUT2D eigenvalue weighted by Gasteiger charge is 2.18. The lowest BCUT2D eigenvalue weighted by atomic mass is 10.2. The standard InChI is InChI=1S/C7H13NO5/c1-4(10)2-6(11)8-5(3-9)7(12)13/h4-5,9-10H,2-3H2,1H3,(H,8,11)(H,12,13). The van der Waals surface area contributed by atoms with E-state index in [0.717, 1.165) is 0 Å². The second-order valence-corrected chi connectivity index (χ2v) is 2.69. The zero-order valence-electron chi connectivity index (χ0n) is 7.23. The molecule has 13 heavy (non-hydrogen) atoms. The first-order chi connectivity index (χ1) is 5.97. The molecular formula is C7H13NO5. The largest absolute Gasteiger partial charge is 0.480 e. The highest BCUT2D eigenvalue weighted by atomic mass is 16.4. The van der Waals surface area contributed by atoms with Crippen molar-refractivity contribution in [3.05, 3.63) is 0 Å². The summed E-state index contributed by atoms with van der Waals surface area (Å²) in [6.45, 7) is 0.745. The van der Waals surface area contributed by atoms with E-state index in [-0.39, 0.29) is 6.42 Å². The molecule has 0 aromatic carbocycles. The molecule has 2 unspecified atom stereocenters. The molecule has 0 aromatic heterocycles. The number of aliphatic hydroxyl groups excluding tert-OH is 2. The summed E-state index contributed by atoms with van der Waals surface area (Å²) in [7, 11) is 0. The van der Waals surface area contributed by atoms with E-state index in [1.54, 1.807) is 0 Å². The SMILES string of the molecule is CC(O)CC(=O)NC(CO)C(=O)O. The Morgan fingerprint density at radius 3 is 2.31 bits per heavy atom. The van der Waals surface area contributed by atoms with Crippen LogP contribution in [0.3, 0.4) is 0 Å². The normalized spacial score (nSPS) is 14.7. The van der Waals surface area contributed by atoms with Crippen molar-refractivity contribution in [3.8, 4) is 0 Å². The van der Waals surface area contributed by atoms with Crippen LogP contribution in [0.25, 0.3) is 0 Å². The van der Waals surface area contributed by atoms with Crippen LogP contribution in [0.5, 0.6) is 0 Å². The summed E-state index contributed by atoms with van der Waals surface area (Å²) in [4.78, 5) is 21.2. The summed E-state index contributed by atoms with van der Waals surface area (Å²) in [5.41, 5.74) is 0. The van der Waals surface area contributed by atoms with Crippen LogP contribution in [-0.4, -0.2) is 45.9 Å². The Morgan fingerprint density at radius 1 is 1.46 bits per heavy atom. The number of amides is 1. The molecule has 0 radical (unpaired) electrons. The number of hydrogen-bond acceptors (Lipinski definition) is 4. The van der Waals surface area contributed by atoms with Gasteiger partial charge in [0.1, 0.15) is 6.04 Å². The van der Waals surface area contributed by atoms with E-state index in [1.807, 2.05) is 5.32 Å². The van der Waals surface area contributed by atoms with Gasteiger partial charge in [-0.15, -0.1) is 0 Å². The third-order valence-corrected chi connectivity index (χ3v) is 1.30. The molecule has 0 spiro atoms. The van der Waals surface area contributed by atoms with Gasteiger partial charge in [-0.3, -0.25) is 4.79 Å². The first-order valence-corrected chi connectivity index (χ1v) is 3.78. The summed E-state index contributed by atoms with van der Waals surface area (Å²) in [5, 5.41) is 27.8. The van der Waals surface area contributed by atoms with Crippen LogP contribution in [0.2, 0.25) is 0 Å². The Morgan fingerprint density at radius 2 is 2.00 bits per heavy atom. The van der Waals surface area contributed by atoms with Crippen molar-refractivity contribution < 1.29 is 24.9 Å². The number of aliphatic carboxylic acids is 1. The van der Waals surface area contributed by atoms with Crippen molar-refractivity contribution in [3.63, 3.8) is 0 Å². The molecule has 0 saturated carbocycles. The van der Waals surface area contributed by atoms with Gasteiger partial charge in [0.05, 0.1) is 19.1 Å². The maximum Gasteiger partial charge on any atom is 0.328 e. The molecule has 0 aliphatic heterocycles. The predicted molar refractivity (Wildman–Crippen MR) is 43.0 cm³/mol. The van der Waals surface area contributed by atoms with Gasteiger partial charge in [-0.1, -0.05) is 0 Å². The Labute approximate surface area is 75.2 Å². The smallest absolute Gasteiger partial charge is 0.328 e. The van der Waals surface area contributed by atoms with Crippen molar-refractivity contribution in [1.82, 2.24) is 5.32 Å². The van der Waals surface area contributed by atoms with Gasteiger partial charge in [0.2, 0.25) is 5.91 Å². The number of rotatable bonds is 5. The highest BCUT2D eigenvalue weighted by Crippen LogP contribution is 1.91. The average molecular weight is 191 g/mol. The quantitative estimate of drug-likeness (QED) is 0.415. The second kappa shape index (κ2) is 5.50. The molecule has 0 fully saturated rings. The number of carboxylic acids is 1. The van der Waals surface area contributed by atoms with Crippen LogP contribution in [-0.2, 0) is 9.59 Å². The molecule has 0 bridgehead atoms. The minimum absolute atomic E-state index is 0.177. The van der Waals surface area contributed by atoms with Crippen molar-refractivity contribution in [2.75, 3.05) is 6.61 Å². The molecule has 0 aliphatic rings. The van der Waals surface area contributed by atoms with E-state index in [4.69, 9.17) is 15.3 Å². The van der Waals surface area contributed by atoms with Gasteiger partial charge in [-0.05, 0) is 6.92 Å². The number of carbonyl (C=O) groups is 2. The summed E-state index contributed by atoms with van der Waals surface area (Å²) in [5.74, 6) is -1.90.